The highest BCUT2D eigenvalue weighted by atomic mass is 16.7. The Labute approximate surface area is 73.0 Å². The maximum absolute atomic E-state index is 11.4. The average molecular weight is 172 g/mol. The number of Topliss-reactive ketones (excluding diaryl/α,β-unsaturated/α-hetero) is 1. The number of ketones is 1. The quantitative estimate of drug-likeness (QED) is 0.631. The summed E-state index contributed by atoms with van der Waals surface area (Å²) in [7, 11) is 0. The van der Waals surface area contributed by atoms with Crippen LogP contribution in [-0.4, -0.2) is 24.3 Å². The molecular formula is C9H16O3. The molecule has 0 aromatic heterocycles. The van der Waals surface area contributed by atoms with E-state index in [9.17, 15) is 4.79 Å². The Balaban J connectivity index is 2.53. The first-order valence-corrected chi connectivity index (χ1v) is 4.28. The monoisotopic (exact) mass is 172 g/mol. The first kappa shape index (κ1) is 9.68. The SMILES string of the molecule is CC(C)C(=O)[C@@H]1COC(C)(C)O1. The van der Waals surface area contributed by atoms with Gasteiger partial charge in [0.1, 0.15) is 6.10 Å². The molecule has 3 heteroatoms. The highest BCUT2D eigenvalue weighted by Crippen LogP contribution is 2.24. The molecule has 1 rings (SSSR count). The fraction of sp³-hybridized carbons (Fsp3) is 0.889. The minimum atomic E-state index is -0.588. The molecular weight excluding hydrogens is 156 g/mol. The lowest BCUT2D eigenvalue weighted by Gasteiger charge is -2.17. The van der Waals surface area contributed by atoms with E-state index in [4.69, 9.17) is 9.47 Å². The minimum Gasteiger partial charge on any atom is -0.347 e. The second-order valence-corrected chi connectivity index (χ2v) is 3.87. The van der Waals surface area contributed by atoms with Crippen LogP contribution in [-0.2, 0) is 14.3 Å². The molecule has 1 fully saturated rings. The summed E-state index contributed by atoms with van der Waals surface area (Å²) >= 11 is 0. The Kier molecular flexibility index (Phi) is 2.54. The van der Waals surface area contributed by atoms with Crippen molar-refractivity contribution >= 4 is 5.78 Å². The summed E-state index contributed by atoms with van der Waals surface area (Å²) in [5.74, 6) is -0.442. The maximum Gasteiger partial charge on any atom is 0.166 e. The summed E-state index contributed by atoms with van der Waals surface area (Å²) in [4.78, 5) is 11.4. The van der Waals surface area contributed by atoms with Crippen LogP contribution in [0.25, 0.3) is 0 Å². The van der Waals surface area contributed by atoms with E-state index < -0.39 is 5.79 Å². The summed E-state index contributed by atoms with van der Waals surface area (Å²) in [5.41, 5.74) is 0. The molecule has 0 N–H and O–H groups in total. The second-order valence-electron chi connectivity index (χ2n) is 3.87. The van der Waals surface area contributed by atoms with Gasteiger partial charge >= 0.3 is 0 Å². The van der Waals surface area contributed by atoms with Crippen LogP contribution in [0.15, 0.2) is 0 Å². The van der Waals surface area contributed by atoms with Crippen LogP contribution in [0.3, 0.4) is 0 Å². The fourth-order valence-electron chi connectivity index (χ4n) is 1.20. The third-order valence-electron chi connectivity index (χ3n) is 1.89. The molecule has 0 saturated carbocycles. The van der Waals surface area contributed by atoms with Crippen molar-refractivity contribution in [2.24, 2.45) is 5.92 Å². The molecule has 0 radical (unpaired) electrons. The smallest absolute Gasteiger partial charge is 0.166 e. The number of carbonyl (C=O) groups is 1. The zero-order valence-corrected chi connectivity index (χ0v) is 8.09. The number of carbonyl (C=O) groups excluding carboxylic acids is 1. The first-order valence-electron chi connectivity index (χ1n) is 4.28. The number of ether oxygens (including phenoxy) is 2. The molecule has 0 amide bonds. The topological polar surface area (TPSA) is 35.5 Å². The molecule has 0 bridgehead atoms. The molecule has 1 heterocycles. The van der Waals surface area contributed by atoms with Crippen LogP contribution in [0, 0.1) is 5.92 Å². The van der Waals surface area contributed by atoms with Crippen molar-refractivity contribution in [3.63, 3.8) is 0 Å². The lowest BCUT2D eigenvalue weighted by Crippen LogP contribution is -2.29. The molecule has 70 valence electrons. The van der Waals surface area contributed by atoms with Gasteiger partial charge < -0.3 is 9.47 Å². The van der Waals surface area contributed by atoms with E-state index in [2.05, 4.69) is 0 Å². The van der Waals surface area contributed by atoms with Gasteiger partial charge in [-0.25, -0.2) is 0 Å². The summed E-state index contributed by atoms with van der Waals surface area (Å²) in [6, 6.07) is 0. The van der Waals surface area contributed by atoms with Crippen molar-refractivity contribution < 1.29 is 14.3 Å². The van der Waals surface area contributed by atoms with E-state index >= 15 is 0 Å². The van der Waals surface area contributed by atoms with Gasteiger partial charge in [-0.05, 0) is 13.8 Å². The van der Waals surface area contributed by atoms with Crippen LogP contribution in [0.1, 0.15) is 27.7 Å². The van der Waals surface area contributed by atoms with Gasteiger partial charge in [0.2, 0.25) is 0 Å². The standard InChI is InChI=1S/C9H16O3/c1-6(2)8(10)7-5-11-9(3,4)12-7/h6-7H,5H2,1-4H3/t7-/m0/s1. The van der Waals surface area contributed by atoms with Crippen LogP contribution < -0.4 is 0 Å². The molecule has 12 heavy (non-hydrogen) atoms. The van der Waals surface area contributed by atoms with Gasteiger partial charge in [0.05, 0.1) is 6.61 Å². The van der Waals surface area contributed by atoms with Gasteiger partial charge in [-0.3, -0.25) is 4.79 Å². The van der Waals surface area contributed by atoms with E-state index in [1.807, 2.05) is 27.7 Å². The average Bonchev–Trinajstić information content (AvgIpc) is 2.28. The van der Waals surface area contributed by atoms with Gasteiger partial charge in [-0.15, -0.1) is 0 Å². The molecule has 0 aliphatic carbocycles. The molecule has 1 aliphatic heterocycles. The molecule has 0 aromatic carbocycles. The van der Waals surface area contributed by atoms with E-state index in [0.29, 0.717) is 6.61 Å². The first-order chi connectivity index (χ1) is 5.42. The van der Waals surface area contributed by atoms with Gasteiger partial charge in [0.15, 0.2) is 11.6 Å². The maximum atomic E-state index is 11.4. The zero-order chi connectivity index (χ0) is 9.35. The Hall–Kier alpha value is -0.410. The van der Waals surface area contributed by atoms with E-state index in [1.165, 1.54) is 0 Å². The fourth-order valence-corrected chi connectivity index (χ4v) is 1.20. The molecule has 1 atom stereocenters. The van der Waals surface area contributed by atoms with Crippen LogP contribution in [0.5, 0.6) is 0 Å². The Morgan fingerprint density at radius 3 is 2.42 bits per heavy atom. The largest absolute Gasteiger partial charge is 0.347 e. The number of hydrogen-bond donors (Lipinski definition) is 0. The predicted octanol–water partition coefficient (Wildman–Crippen LogP) is 1.36. The van der Waals surface area contributed by atoms with Crippen LogP contribution in [0.2, 0.25) is 0 Å². The van der Waals surface area contributed by atoms with Gasteiger partial charge in [-0.2, -0.15) is 0 Å². The van der Waals surface area contributed by atoms with Crippen molar-refractivity contribution in [3.8, 4) is 0 Å². The van der Waals surface area contributed by atoms with Gasteiger partial charge in [0, 0.05) is 5.92 Å². The Bertz CT molecular complexity index is 184. The molecule has 0 unspecified atom stereocenters. The lowest BCUT2D eigenvalue weighted by molar-refractivity contribution is -0.153. The number of rotatable bonds is 2. The van der Waals surface area contributed by atoms with Crippen LogP contribution >= 0.6 is 0 Å². The van der Waals surface area contributed by atoms with Crippen molar-refractivity contribution in [2.75, 3.05) is 6.61 Å². The van der Waals surface area contributed by atoms with E-state index in [-0.39, 0.29) is 17.8 Å². The minimum absolute atomic E-state index is 0.0208. The van der Waals surface area contributed by atoms with Gasteiger partial charge in [0.25, 0.3) is 0 Å². The third kappa shape index (κ3) is 2.05. The lowest BCUT2D eigenvalue weighted by atomic mass is 10.1. The Morgan fingerprint density at radius 1 is 1.50 bits per heavy atom. The normalized spacial score (nSPS) is 27.9. The Morgan fingerprint density at radius 2 is 2.08 bits per heavy atom. The molecule has 1 saturated heterocycles. The van der Waals surface area contributed by atoms with Crippen LogP contribution in [0.4, 0.5) is 0 Å². The summed E-state index contributed by atoms with van der Waals surface area (Å²) in [6.45, 7) is 7.78. The highest BCUT2D eigenvalue weighted by Gasteiger charge is 2.37. The summed E-state index contributed by atoms with van der Waals surface area (Å²) in [6.07, 6.45) is -0.361. The van der Waals surface area contributed by atoms with Gasteiger partial charge in [-0.1, -0.05) is 13.8 Å². The number of hydrogen-bond acceptors (Lipinski definition) is 3. The van der Waals surface area contributed by atoms with E-state index in [0.717, 1.165) is 0 Å². The van der Waals surface area contributed by atoms with Crippen molar-refractivity contribution in [3.05, 3.63) is 0 Å². The van der Waals surface area contributed by atoms with Crippen molar-refractivity contribution in [1.29, 1.82) is 0 Å². The summed E-state index contributed by atoms with van der Waals surface area (Å²) < 4.78 is 10.7. The summed E-state index contributed by atoms with van der Waals surface area (Å²) in [5, 5.41) is 0. The molecule has 0 aromatic rings. The van der Waals surface area contributed by atoms with E-state index in [1.54, 1.807) is 0 Å². The zero-order valence-electron chi connectivity index (χ0n) is 8.09. The molecule has 1 aliphatic rings. The van der Waals surface area contributed by atoms with Crippen molar-refractivity contribution in [2.45, 2.75) is 39.6 Å². The highest BCUT2D eigenvalue weighted by molar-refractivity contribution is 5.85. The molecule has 0 spiro atoms. The third-order valence-corrected chi connectivity index (χ3v) is 1.89. The van der Waals surface area contributed by atoms with Crippen molar-refractivity contribution in [1.82, 2.24) is 0 Å². The second kappa shape index (κ2) is 3.15. The predicted molar refractivity (Wildman–Crippen MR) is 44.7 cm³/mol. The molecule has 3 nitrogen and oxygen atoms in total.